The van der Waals surface area contributed by atoms with Crippen LogP contribution >= 0.6 is 0 Å². The lowest BCUT2D eigenvalue weighted by Crippen LogP contribution is -2.43. The summed E-state index contributed by atoms with van der Waals surface area (Å²) < 4.78 is 0. The molecule has 1 heteroatoms. The zero-order valence-corrected chi connectivity index (χ0v) is 12.6. The van der Waals surface area contributed by atoms with Crippen molar-refractivity contribution in [3.63, 3.8) is 0 Å². The largest absolute Gasteiger partial charge is 0.393 e. The molecular weight excluding hydrogens is 220 g/mol. The van der Waals surface area contributed by atoms with Crippen LogP contribution in [0.25, 0.3) is 0 Å². The number of aliphatic hydroxyl groups is 1. The Kier molecular flexibility index (Phi) is 2.86. The molecule has 0 saturated heterocycles. The smallest absolute Gasteiger partial charge is 0.0596 e. The molecular formula is C17H30O. The van der Waals surface area contributed by atoms with Crippen molar-refractivity contribution in [1.82, 2.24) is 0 Å². The van der Waals surface area contributed by atoms with Crippen LogP contribution in [0.1, 0.15) is 66.2 Å². The first kappa shape index (κ1) is 13.0. The number of fused-ring (bicyclic) bond motifs is 2. The van der Waals surface area contributed by atoms with Crippen molar-refractivity contribution in [3.05, 3.63) is 0 Å². The van der Waals surface area contributed by atoms with Crippen molar-refractivity contribution in [2.24, 2.45) is 34.5 Å². The van der Waals surface area contributed by atoms with Crippen LogP contribution in [0.3, 0.4) is 0 Å². The highest BCUT2D eigenvalue weighted by Crippen LogP contribution is 2.70. The molecule has 6 atom stereocenters. The third-order valence-corrected chi connectivity index (χ3v) is 7.60. The standard InChI is InChI=1S/C17H30O/c1-11-6-5-7-13(15(11)18)14-10-12-8-9-17(14,4)16(12,2)3/h11-15,18H,5-10H2,1-4H3/t11-,12-,13-,14-,15+,17-/m1/s1. The van der Waals surface area contributed by atoms with E-state index in [9.17, 15) is 5.11 Å². The first-order valence-electron chi connectivity index (χ1n) is 8.06. The molecule has 18 heavy (non-hydrogen) atoms. The summed E-state index contributed by atoms with van der Waals surface area (Å²) in [5.41, 5.74) is 0.985. The molecule has 3 saturated carbocycles. The second-order valence-corrected chi connectivity index (χ2v) is 8.28. The maximum absolute atomic E-state index is 10.6. The van der Waals surface area contributed by atoms with Crippen molar-refractivity contribution in [2.45, 2.75) is 72.3 Å². The second kappa shape index (κ2) is 3.98. The summed E-state index contributed by atoms with van der Waals surface area (Å²) >= 11 is 0. The van der Waals surface area contributed by atoms with Crippen molar-refractivity contribution in [2.75, 3.05) is 0 Å². The van der Waals surface area contributed by atoms with Gasteiger partial charge in [0, 0.05) is 0 Å². The van der Waals surface area contributed by atoms with Gasteiger partial charge in [-0.25, -0.2) is 0 Å². The summed E-state index contributed by atoms with van der Waals surface area (Å²) in [6.07, 6.45) is 8.02. The molecule has 0 aromatic heterocycles. The molecule has 0 amide bonds. The highest BCUT2D eigenvalue weighted by Gasteiger charge is 2.63. The Morgan fingerprint density at radius 3 is 2.33 bits per heavy atom. The van der Waals surface area contributed by atoms with Gasteiger partial charge in [0.2, 0.25) is 0 Å². The van der Waals surface area contributed by atoms with Gasteiger partial charge in [0.25, 0.3) is 0 Å². The quantitative estimate of drug-likeness (QED) is 0.738. The lowest BCUT2D eigenvalue weighted by atomic mass is 9.59. The fourth-order valence-electron chi connectivity index (χ4n) is 5.79. The molecule has 0 aromatic carbocycles. The number of rotatable bonds is 1. The predicted molar refractivity (Wildman–Crippen MR) is 75.2 cm³/mol. The van der Waals surface area contributed by atoms with E-state index in [2.05, 4.69) is 27.7 Å². The third-order valence-electron chi connectivity index (χ3n) is 7.60. The molecule has 0 unspecified atom stereocenters. The Bertz CT molecular complexity index is 335. The fourth-order valence-corrected chi connectivity index (χ4v) is 5.79. The van der Waals surface area contributed by atoms with Crippen LogP contribution in [0.2, 0.25) is 0 Å². The van der Waals surface area contributed by atoms with E-state index in [0.717, 1.165) is 11.8 Å². The van der Waals surface area contributed by atoms with E-state index in [1.54, 1.807) is 0 Å². The van der Waals surface area contributed by atoms with E-state index in [4.69, 9.17) is 0 Å². The lowest BCUT2D eigenvalue weighted by Gasteiger charge is -2.46. The fraction of sp³-hybridized carbons (Fsp3) is 1.00. The van der Waals surface area contributed by atoms with Crippen LogP contribution in [0.4, 0.5) is 0 Å². The monoisotopic (exact) mass is 250 g/mol. The first-order valence-corrected chi connectivity index (χ1v) is 8.06. The molecule has 3 rings (SSSR count). The van der Waals surface area contributed by atoms with E-state index in [0.29, 0.717) is 22.7 Å². The van der Waals surface area contributed by atoms with Crippen molar-refractivity contribution in [3.8, 4) is 0 Å². The molecule has 0 aromatic rings. The van der Waals surface area contributed by atoms with Gasteiger partial charge < -0.3 is 5.11 Å². The minimum absolute atomic E-state index is 0.0317. The maximum Gasteiger partial charge on any atom is 0.0596 e. The normalized spacial score (nSPS) is 54.8. The zero-order chi connectivity index (χ0) is 13.1. The Labute approximate surface area is 112 Å². The Hall–Kier alpha value is -0.0400. The van der Waals surface area contributed by atoms with Crippen LogP contribution in [0, 0.1) is 34.5 Å². The summed E-state index contributed by atoms with van der Waals surface area (Å²) in [4.78, 5) is 0. The van der Waals surface area contributed by atoms with E-state index in [-0.39, 0.29) is 6.10 Å². The average Bonchev–Trinajstić information content (AvgIpc) is 2.65. The maximum atomic E-state index is 10.6. The topological polar surface area (TPSA) is 20.2 Å². The Morgan fingerprint density at radius 2 is 1.78 bits per heavy atom. The number of hydrogen-bond donors (Lipinski definition) is 1. The highest BCUT2D eigenvalue weighted by molar-refractivity contribution is 5.12. The molecule has 0 heterocycles. The van der Waals surface area contributed by atoms with Gasteiger partial charge in [-0.1, -0.05) is 34.1 Å². The molecule has 0 radical (unpaired) electrons. The first-order chi connectivity index (χ1) is 8.38. The van der Waals surface area contributed by atoms with Crippen molar-refractivity contribution in [1.29, 1.82) is 0 Å². The molecule has 0 spiro atoms. The molecule has 2 bridgehead atoms. The van der Waals surface area contributed by atoms with Gasteiger partial charge in [0.1, 0.15) is 0 Å². The van der Waals surface area contributed by atoms with Crippen molar-refractivity contribution >= 4 is 0 Å². The summed E-state index contributed by atoms with van der Waals surface area (Å²) in [5.74, 6) is 2.80. The lowest BCUT2D eigenvalue weighted by molar-refractivity contribution is -0.0455. The van der Waals surface area contributed by atoms with Gasteiger partial charge in [0.15, 0.2) is 0 Å². The predicted octanol–water partition coefficient (Wildman–Crippen LogP) is 4.25. The zero-order valence-electron chi connectivity index (χ0n) is 12.6. The van der Waals surface area contributed by atoms with Crippen LogP contribution in [-0.4, -0.2) is 11.2 Å². The molecule has 104 valence electrons. The van der Waals surface area contributed by atoms with Gasteiger partial charge in [-0.05, 0) is 66.6 Å². The van der Waals surface area contributed by atoms with Crippen LogP contribution < -0.4 is 0 Å². The van der Waals surface area contributed by atoms with Gasteiger partial charge in [-0.3, -0.25) is 0 Å². The molecule has 0 aliphatic heterocycles. The summed E-state index contributed by atoms with van der Waals surface area (Å²) in [7, 11) is 0. The molecule has 1 N–H and O–H groups in total. The van der Waals surface area contributed by atoms with Gasteiger partial charge in [-0.2, -0.15) is 0 Å². The Morgan fingerprint density at radius 1 is 1.06 bits per heavy atom. The molecule has 3 aliphatic rings. The summed E-state index contributed by atoms with van der Waals surface area (Å²) in [6.45, 7) is 9.75. The van der Waals surface area contributed by atoms with Crippen LogP contribution in [-0.2, 0) is 0 Å². The second-order valence-electron chi connectivity index (χ2n) is 8.28. The average molecular weight is 250 g/mol. The van der Waals surface area contributed by atoms with E-state index >= 15 is 0 Å². The van der Waals surface area contributed by atoms with Gasteiger partial charge in [0.05, 0.1) is 6.10 Å². The van der Waals surface area contributed by atoms with E-state index in [1.165, 1.54) is 38.5 Å². The number of aliphatic hydroxyl groups excluding tert-OH is 1. The van der Waals surface area contributed by atoms with Crippen molar-refractivity contribution < 1.29 is 5.11 Å². The SMILES string of the molecule is C[C@@H]1CCC[C@H]([C@H]2C[C@H]3CC[C@@]2(C)C3(C)C)[C@H]1O. The Balaban J connectivity index is 1.86. The molecule has 3 aliphatic carbocycles. The molecule has 1 nitrogen and oxygen atoms in total. The highest BCUT2D eigenvalue weighted by atomic mass is 16.3. The minimum atomic E-state index is -0.0317. The summed E-state index contributed by atoms with van der Waals surface area (Å²) in [5, 5.41) is 10.6. The van der Waals surface area contributed by atoms with Gasteiger partial charge in [-0.15, -0.1) is 0 Å². The molecule has 3 fully saturated rings. The van der Waals surface area contributed by atoms with Crippen LogP contribution in [0.15, 0.2) is 0 Å². The minimum Gasteiger partial charge on any atom is -0.393 e. The van der Waals surface area contributed by atoms with Crippen LogP contribution in [0.5, 0.6) is 0 Å². The summed E-state index contributed by atoms with van der Waals surface area (Å²) in [6, 6.07) is 0. The van der Waals surface area contributed by atoms with Gasteiger partial charge >= 0.3 is 0 Å². The number of hydrogen-bond acceptors (Lipinski definition) is 1. The third kappa shape index (κ3) is 1.49. The van der Waals surface area contributed by atoms with E-state index < -0.39 is 0 Å². The van der Waals surface area contributed by atoms with E-state index in [1.807, 2.05) is 0 Å².